The molecule has 5 heteroatoms. The van der Waals surface area contributed by atoms with E-state index in [0.29, 0.717) is 30.2 Å². The summed E-state index contributed by atoms with van der Waals surface area (Å²) in [4.78, 5) is 11.0. The van der Waals surface area contributed by atoms with Crippen LogP contribution in [0.4, 0.5) is 5.69 Å². The zero-order valence-corrected chi connectivity index (χ0v) is 17.5. The van der Waals surface area contributed by atoms with Crippen LogP contribution in [-0.4, -0.2) is 24.2 Å². The first-order valence-corrected chi connectivity index (χ1v) is 9.90. The normalized spacial score (nSPS) is 11.6. The Labute approximate surface area is 172 Å². The molecule has 152 valence electrons. The van der Waals surface area contributed by atoms with Crippen LogP contribution in [0.15, 0.2) is 42.5 Å². The zero-order valence-electron chi connectivity index (χ0n) is 17.5. The van der Waals surface area contributed by atoms with Crippen LogP contribution in [0.5, 0.6) is 5.75 Å². The first-order chi connectivity index (χ1) is 13.9. The maximum Gasteiger partial charge on any atom is 0.332 e. The molecule has 1 aliphatic heterocycles. The monoisotopic (exact) mass is 392 g/mol. The van der Waals surface area contributed by atoms with Crippen molar-refractivity contribution in [2.75, 3.05) is 18.5 Å². The second-order valence-electron chi connectivity index (χ2n) is 6.90. The highest BCUT2D eigenvalue weighted by molar-refractivity contribution is 5.87. The topological polar surface area (TPSA) is 82.3 Å². The van der Waals surface area contributed by atoms with E-state index in [2.05, 4.69) is 56.1 Å². The van der Waals surface area contributed by atoms with E-state index in [1.807, 2.05) is 19.9 Å². The van der Waals surface area contributed by atoms with Crippen molar-refractivity contribution in [1.29, 1.82) is 5.26 Å². The number of anilines is 1. The Kier molecular flexibility index (Phi) is 7.44. The molecule has 0 atom stereocenters. The molecule has 0 bridgehead atoms. The molecule has 2 N–H and O–H groups in total. The number of hydrogen-bond acceptors (Lipinski definition) is 4. The summed E-state index contributed by atoms with van der Waals surface area (Å²) < 4.78 is 5.83. The number of rotatable bonds is 6. The van der Waals surface area contributed by atoms with E-state index in [1.54, 1.807) is 0 Å². The summed E-state index contributed by atoms with van der Waals surface area (Å²) in [5.74, 6) is 0.127. The fourth-order valence-corrected chi connectivity index (χ4v) is 3.19. The van der Waals surface area contributed by atoms with Gasteiger partial charge in [-0.05, 0) is 23.1 Å². The number of hydrogen-bond donors (Lipinski definition) is 2. The highest BCUT2D eigenvalue weighted by Crippen LogP contribution is 2.42. The summed E-state index contributed by atoms with van der Waals surface area (Å²) in [5, 5.41) is 21.7. The van der Waals surface area contributed by atoms with Gasteiger partial charge in [-0.25, -0.2) is 4.79 Å². The van der Waals surface area contributed by atoms with Gasteiger partial charge >= 0.3 is 5.97 Å². The summed E-state index contributed by atoms with van der Waals surface area (Å²) in [5.41, 5.74) is 5.17. The smallest absolute Gasteiger partial charge is 0.332 e. The Morgan fingerprint density at radius 2 is 1.97 bits per heavy atom. The lowest BCUT2D eigenvalue weighted by Crippen LogP contribution is -2.12. The van der Waals surface area contributed by atoms with E-state index in [-0.39, 0.29) is 12.1 Å². The zero-order chi connectivity index (χ0) is 21.6. The van der Waals surface area contributed by atoms with Crippen LogP contribution in [0, 0.1) is 11.3 Å². The van der Waals surface area contributed by atoms with E-state index in [4.69, 9.17) is 9.84 Å². The quantitative estimate of drug-likeness (QED) is 0.647. The average Bonchev–Trinajstić information content (AvgIpc) is 3.22. The predicted octanol–water partition coefficient (Wildman–Crippen LogP) is 5.36. The molecule has 2 aromatic rings. The molecule has 29 heavy (non-hydrogen) atoms. The van der Waals surface area contributed by atoms with Gasteiger partial charge in [-0.15, -0.1) is 0 Å². The van der Waals surface area contributed by atoms with Crippen LogP contribution < -0.4 is 10.1 Å². The maximum atomic E-state index is 11.0. The number of carboxylic acid groups (broad SMARTS) is 1. The SMILES string of the molecule is C=C(CNc1cc(-c2ccc(C(C)C)cc2)c2c(c1C#N)CCO2)C(=O)O.CC. The number of benzene rings is 2. The van der Waals surface area contributed by atoms with Gasteiger partial charge < -0.3 is 15.2 Å². The molecule has 1 aliphatic rings. The molecule has 2 aromatic carbocycles. The Morgan fingerprint density at radius 1 is 1.31 bits per heavy atom. The number of aliphatic carboxylic acids is 1. The Morgan fingerprint density at radius 3 is 2.52 bits per heavy atom. The van der Waals surface area contributed by atoms with Gasteiger partial charge in [0.15, 0.2) is 0 Å². The molecule has 0 fully saturated rings. The van der Waals surface area contributed by atoms with Crippen molar-refractivity contribution >= 4 is 11.7 Å². The number of nitriles is 1. The van der Waals surface area contributed by atoms with Gasteiger partial charge in [0.1, 0.15) is 11.8 Å². The van der Waals surface area contributed by atoms with E-state index in [0.717, 1.165) is 22.4 Å². The molecule has 0 amide bonds. The van der Waals surface area contributed by atoms with E-state index >= 15 is 0 Å². The van der Waals surface area contributed by atoms with Crippen LogP contribution in [0.3, 0.4) is 0 Å². The first-order valence-electron chi connectivity index (χ1n) is 9.90. The minimum Gasteiger partial charge on any atom is -0.492 e. The molecule has 1 heterocycles. The second-order valence-corrected chi connectivity index (χ2v) is 6.90. The third kappa shape index (κ3) is 4.78. The van der Waals surface area contributed by atoms with Crippen LogP contribution in [0.1, 0.15) is 50.3 Å². The molecule has 0 spiro atoms. The highest BCUT2D eigenvalue weighted by atomic mass is 16.5. The van der Waals surface area contributed by atoms with Crippen molar-refractivity contribution in [3.05, 3.63) is 59.2 Å². The maximum absolute atomic E-state index is 11.0. The number of ether oxygens (including phenoxy) is 1. The second kappa shape index (κ2) is 9.79. The van der Waals surface area contributed by atoms with E-state index in [9.17, 15) is 10.1 Å². The molecule has 0 aromatic heterocycles. The van der Waals surface area contributed by atoms with Crippen molar-refractivity contribution in [3.63, 3.8) is 0 Å². The summed E-state index contributed by atoms with van der Waals surface area (Å²) in [7, 11) is 0. The number of nitrogens with one attached hydrogen (secondary N) is 1. The lowest BCUT2D eigenvalue weighted by Gasteiger charge is -2.16. The van der Waals surface area contributed by atoms with Crippen molar-refractivity contribution in [1.82, 2.24) is 0 Å². The lowest BCUT2D eigenvalue weighted by molar-refractivity contribution is -0.132. The standard InChI is InChI=1S/C22H22N2O3.C2H6/c1-13(2)15-4-6-16(7-5-15)18-10-20(24-12-14(3)22(25)26)19(11-23)17-8-9-27-21(17)18;1-2/h4-7,10,13,24H,3,8-9,12H2,1-2H3,(H,25,26);1-2H3. The minimum absolute atomic E-state index is 0.0403. The predicted molar refractivity (Wildman–Crippen MR) is 116 cm³/mol. The van der Waals surface area contributed by atoms with Crippen LogP contribution in [0.2, 0.25) is 0 Å². The van der Waals surface area contributed by atoms with Crippen molar-refractivity contribution in [3.8, 4) is 22.9 Å². The molecule has 0 saturated carbocycles. The number of carboxylic acids is 1. The van der Waals surface area contributed by atoms with Crippen molar-refractivity contribution in [2.24, 2.45) is 0 Å². The van der Waals surface area contributed by atoms with Crippen molar-refractivity contribution in [2.45, 2.75) is 40.0 Å². The molecule has 0 saturated heterocycles. The lowest BCUT2D eigenvalue weighted by atomic mass is 9.94. The van der Waals surface area contributed by atoms with Gasteiger partial charge in [0, 0.05) is 29.7 Å². The molecule has 0 radical (unpaired) electrons. The molecule has 5 nitrogen and oxygen atoms in total. The largest absolute Gasteiger partial charge is 0.492 e. The van der Waals surface area contributed by atoms with Crippen molar-refractivity contribution < 1.29 is 14.6 Å². The van der Waals surface area contributed by atoms with Gasteiger partial charge in [0.25, 0.3) is 0 Å². The van der Waals surface area contributed by atoms with Crippen LogP contribution in [0.25, 0.3) is 11.1 Å². The molecule has 3 rings (SSSR count). The number of carbonyl (C=O) groups is 1. The van der Waals surface area contributed by atoms with Gasteiger partial charge in [-0.2, -0.15) is 5.26 Å². The van der Waals surface area contributed by atoms with Crippen LogP contribution >= 0.6 is 0 Å². The Bertz CT molecular complexity index is 938. The summed E-state index contributed by atoms with van der Waals surface area (Å²) >= 11 is 0. The number of nitrogens with zero attached hydrogens (tertiary/aromatic N) is 1. The Balaban J connectivity index is 0.00000145. The third-order valence-corrected chi connectivity index (χ3v) is 4.77. The van der Waals surface area contributed by atoms with Gasteiger partial charge in [0.2, 0.25) is 0 Å². The minimum atomic E-state index is -1.06. The van der Waals surface area contributed by atoms with Gasteiger partial charge in [-0.3, -0.25) is 0 Å². The van der Waals surface area contributed by atoms with E-state index < -0.39 is 5.97 Å². The molecular formula is C24H28N2O3. The highest BCUT2D eigenvalue weighted by Gasteiger charge is 2.24. The molecular weight excluding hydrogens is 364 g/mol. The summed E-state index contributed by atoms with van der Waals surface area (Å²) in [6.45, 7) is 12.4. The third-order valence-electron chi connectivity index (χ3n) is 4.77. The fourth-order valence-electron chi connectivity index (χ4n) is 3.19. The molecule has 0 unspecified atom stereocenters. The summed E-state index contributed by atoms with van der Waals surface area (Å²) in [6.07, 6.45) is 0.657. The first kappa shape index (κ1) is 22.0. The van der Waals surface area contributed by atoms with E-state index in [1.165, 1.54) is 5.56 Å². The van der Waals surface area contributed by atoms with Crippen LogP contribution in [-0.2, 0) is 11.2 Å². The summed E-state index contributed by atoms with van der Waals surface area (Å²) in [6, 6.07) is 12.4. The van der Waals surface area contributed by atoms with Gasteiger partial charge in [0.05, 0.1) is 17.9 Å². The Hall–Kier alpha value is -3.26. The van der Waals surface area contributed by atoms with Gasteiger partial charge in [-0.1, -0.05) is 58.5 Å². The fraction of sp³-hybridized carbons (Fsp3) is 0.333. The molecule has 0 aliphatic carbocycles. The number of fused-ring (bicyclic) bond motifs is 1. The average molecular weight is 392 g/mol.